The number of ether oxygens (including phenoxy) is 1. The van der Waals surface area contributed by atoms with E-state index >= 15 is 0 Å². The van der Waals surface area contributed by atoms with Crippen molar-refractivity contribution in [2.45, 2.75) is 66.3 Å². The summed E-state index contributed by atoms with van der Waals surface area (Å²) in [5.74, 6) is 0.893. The van der Waals surface area contributed by atoms with Crippen molar-refractivity contribution in [2.75, 3.05) is 24.7 Å². The number of hydrogen-bond acceptors (Lipinski definition) is 5. The van der Waals surface area contributed by atoms with E-state index in [1.165, 1.54) is 6.42 Å². The first-order chi connectivity index (χ1) is 10.6. The van der Waals surface area contributed by atoms with Crippen LogP contribution in [0.3, 0.4) is 0 Å². The molecule has 1 unspecified atom stereocenters. The van der Waals surface area contributed by atoms with E-state index < -0.39 is 0 Å². The Hall–Kier alpha value is -1.36. The van der Waals surface area contributed by atoms with Crippen molar-refractivity contribution in [1.82, 2.24) is 9.97 Å². The maximum Gasteiger partial charge on any atom is 0.318 e. The van der Waals surface area contributed by atoms with Crippen LogP contribution in [0.5, 0.6) is 6.01 Å². The molecule has 22 heavy (non-hydrogen) atoms. The molecule has 0 aliphatic rings. The average molecular weight is 309 g/mol. The summed E-state index contributed by atoms with van der Waals surface area (Å²) in [4.78, 5) is 11.2. The number of anilines is 1. The highest BCUT2D eigenvalue weighted by molar-refractivity contribution is 5.50. The van der Waals surface area contributed by atoms with Crippen LogP contribution >= 0.6 is 0 Å². The molecule has 5 heteroatoms. The number of unbranched alkanes of at least 4 members (excludes halogenated alkanes) is 2. The summed E-state index contributed by atoms with van der Waals surface area (Å²) in [5, 5.41) is 9.48. The summed E-state index contributed by atoms with van der Waals surface area (Å²) >= 11 is 0. The van der Waals surface area contributed by atoms with Crippen molar-refractivity contribution in [2.24, 2.45) is 0 Å². The van der Waals surface area contributed by atoms with E-state index in [9.17, 15) is 5.11 Å². The number of likely N-dealkylation sites (N-methyl/N-ethyl adjacent to an activating group) is 1. The van der Waals surface area contributed by atoms with E-state index in [1.807, 2.05) is 13.8 Å². The fourth-order valence-electron chi connectivity index (χ4n) is 2.56. The molecule has 0 bridgehead atoms. The summed E-state index contributed by atoms with van der Waals surface area (Å²) < 4.78 is 5.73. The first-order valence-corrected chi connectivity index (χ1v) is 8.46. The van der Waals surface area contributed by atoms with Crippen molar-refractivity contribution >= 4 is 5.82 Å². The predicted octanol–water partition coefficient (Wildman–Crippen LogP) is 3.12. The number of aliphatic hydroxyl groups is 1. The van der Waals surface area contributed by atoms with Gasteiger partial charge in [0.05, 0.1) is 19.3 Å². The molecule has 1 N–H and O–H groups in total. The normalized spacial score (nSPS) is 12.3. The molecule has 0 aliphatic heterocycles. The molecule has 0 saturated carbocycles. The average Bonchev–Trinajstić information content (AvgIpc) is 2.52. The largest absolute Gasteiger partial charge is 0.463 e. The molecule has 0 fully saturated rings. The standard InChI is InChI=1S/C17H31N3O2/c1-6-9-10-11-22-17-18-14(5)15(7-2)16(19-17)20(8-3)13(4)12-21/h13,21H,6-12H2,1-5H3. The van der Waals surface area contributed by atoms with Crippen molar-refractivity contribution in [3.63, 3.8) is 0 Å². The molecular weight excluding hydrogens is 278 g/mol. The zero-order valence-electron chi connectivity index (χ0n) is 14.7. The smallest absolute Gasteiger partial charge is 0.318 e. The lowest BCUT2D eigenvalue weighted by Gasteiger charge is -2.30. The van der Waals surface area contributed by atoms with Gasteiger partial charge >= 0.3 is 6.01 Å². The second-order valence-corrected chi connectivity index (χ2v) is 5.62. The van der Waals surface area contributed by atoms with Crippen LogP contribution in [0.1, 0.15) is 58.2 Å². The molecule has 0 aromatic carbocycles. The van der Waals surface area contributed by atoms with Crippen molar-refractivity contribution in [1.29, 1.82) is 0 Å². The monoisotopic (exact) mass is 309 g/mol. The minimum absolute atomic E-state index is 0.0255. The summed E-state index contributed by atoms with van der Waals surface area (Å²) in [6, 6.07) is 0.474. The van der Waals surface area contributed by atoms with E-state index in [-0.39, 0.29) is 12.6 Å². The maximum absolute atomic E-state index is 9.48. The van der Waals surface area contributed by atoms with Gasteiger partial charge in [-0.2, -0.15) is 4.98 Å². The van der Waals surface area contributed by atoms with Crippen LogP contribution in [0.25, 0.3) is 0 Å². The predicted molar refractivity (Wildman–Crippen MR) is 90.7 cm³/mol. The molecule has 1 heterocycles. The second kappa shape index (κ2) is 9.62. The van der Waals surface area contributed by atoms with Gasteiger partial charge in [-0.25, -0.2) is 4.98 Å². The third-order valence-electron chi connectivity index (χ3n) is 3.91. The van der Waals surface area contributed by atoms with E-state index in [0.29, 0.717) is 12.6 Å². The van der Waals surface area contributed by atoms with Gasteiger partial charge in [0.1, 0.15) is 5.82 Å². The van der Waals surface area contributed by atoms with Crippen LogP contribution in [0, 0.1) is 6.92 Å². The molecule has 1 aromatic rings. The van der Waals surface area contributed by atoms with Crippen molar-refractivity contribution in [3.8, 4) is 6.01 Å². The lowest BCUT2D eigenvalue weighted by molar-refractivity contribution is 0.265. The van der Waals surface area contributed by atoms with Crippen molar-refractivity contribution < 1.29 is 9.84 Å². The Morgan fingerprint density at radius 1 is 1.18 bits per heavy atom. The van der Waals surface area contributed by atoms with Gasteiger partial charge in [0, 0.05) is 17.8 Å². The molecular formula is C17H31N3O2. The summed E-state index contributed by atoms with van der Waals surface area (Å²) in [5.41, 5.74) is 2.09. The quantitative estimate of drug-likeness (QED) is 0.673. The second-order valence-electron chi connectivity index (χ2n) is 5.62. The van der Waals surface area contributed by atoms with Crippen LogP contribution in [0.4, 0.5) is 5.82 Å². The van der Waals surface area contributed by atoms with E-state index in [0.717, 1.165) is 42.9 Å². The molecule has 1 atom stereocenters. The molecule has 1 aromatic heterocycles. The number of nitrogens with zero attached hydrogens (tertiary/aromatic N) is 3. The molecule has 0 saturated heterocycles. The van der Waals surface area contributed by atoms with Crippen LogP contribution in [0.2, 0.25) is 0 Å². The van der Waals surface area contributed by atoms with Crippen LogP contribution in [-0.4, -0.2) is 40.9 Å². The maximum atomic E-state index is 9.48. The third kappa shape index (κ3) is 4.83. The number of rotatable bonds is 10. The first-order valence-electron chi connectivity index (χ1n) is 8.46. The molecule has 0 aliphatic carbocycles. The van der Waals surface area contributed by atoms with E-state index in [4.69, 9.17) is 4.74 Å². The van der Waals surface area contributed by atoms with Gasteiger partial charge in [-0.1, -0.05) is 26.7 Å². The van der Waals surface area contributed by atoms with Gasteiger partial charge in [0.25, 0.3) is 0 Å². The Balaban J connectivity index is 3.04. The van der Waals surface area contributed by atoms with Gasteiger partial charge < -0.3 is 14.7 Å². The Bertz CT molecular complexity index is 452. The van der Waals surface area contributed by atoms with E-state index in [2.05, 4.69) is 35.6 Å². The Kier molecular flexibility index (Phi) is 8.17. The first kappa shape index (κ1) is 18.7. The van der Waals surface area contributed by atoms with Gasteiger partial charge in [0.15, 0.2) is 0 Å². The lowest BCUT2D eigenvalue weighted by Crippen LogP contribution is -2.37. The summed E-state index contributed by atoms with van der Waals surface area (Å²) in [6.07, 6.45) is 4.21. The van der Waals surface area contributed by atoms with Gasteiger partial charge in [-0.3, -0.25) is 0 Å². The number of aliphatic hydroxyl groups excluding tert-OH is 1. The number of aromatic nitrogens is 2. The highest BCUT2D eigenvalue weighted by Crippen LogP contribution is 2.25. The topological polar surface area (TPSA) is 58.5 Å². The lowest BCUT2D eigenvalue weighted by atomic mass is 10.1. The van der Waals surface area contributed by atoms with Gasteiger partial charge in [-0.15, -0.1) is 0 Å². The zero-order chi connectivity index (χ0) is 16.5. The highest BCUT2D eigenvalue weighted by atomic mass is 16.5. The Labute approximate surface area is 134 Å². The zero-order valence-corrected chi connectivity index (χ0v) is 14.7. The van der Waals surface area contributed by atoms with Crippen LogP contribution in [0.15, 0.2) is 0 Å². The Morgan fingerprint density at radius 3 is 2.45 bits per heavy atom. The molecule has 0 amide bonds. The van der Waals surface area contributed by atoms with Crippen LogP contribution < -0.4 is 9.64 Å². The molecule has 1 rings (SSSR count). The van der Waals surface area contributed by atoms with Gasteiger partial charge in [-0.05, 0) is 33.6 Å². The molecule has 0 radical (unpaired) electrons. The third-order valence-corrected chi connectivity index (χ3v) is 3.91. The Morgan fingerprint density at radius 2 is 1.91 bits per heavy atom. The summed E-state index contributed by atoms with van der Waals surface area (Å²) in [6.45, 7) is 11.9. The molecule has 126 valence electrons. The highest BCUT2D eigenvalue weighted by Gasteiger charge is 2.20. The van der Waals surface area contributed by atoms with Gasteiger partial charge in [0.2, 0.25) is 0 Å². The fourth-order valence-corrected chi connectivity index (χ4v) is 2.56. The molecule has 0 spiro atoms. The van der Waals surface area contributed by atoms with Crippen LogP contribution in [-0.2, 0) is 6.42 Å². The van der Waals surface area contributed by atoms with E-state index in [1.54, 1.807) is 0 Å². The van der Waals surface area contributed by atoms with Crippen molar-refractivity contribution in [3.05, 3.63) is 11.3 Å². The number of aryl methyl sites for hydroxylation is 1. The fraction of sp³-hybridized carbons (Fsp3) is 0.765. The summed E-state index contributed by atoms with van der Waals surface area (Å²) in [7, 11) is 0. The number of hydrogen-bond donors (Lipinski definition) is 1. The molecule has 5 nitrogen and oxygen atoms in total. The minimum atomic E-state index is 0.0255. The SMILES string of the molecule is CCCCCOc1nc(C)c(CC)c(N(CC)C(C)CO)n1. The minimum Gasteiger partial charge on any atom is -0.463 e.